The molecule has 7 nitrogen and oxygen atoms in total. The van der Waals surface area contributed by atoms with Gasteiger partial charge in [0.25, 0.3) is 5.91 Å². The molecule has 33 heavy (non-hydrogen) atoms. The summed E-state index contributed by atoms with van der Waals surface area (Å²) in [5.74, 6) is -2.22. The van der Waals surface area contributed by atoms with Crippen LogP contribution in [0.15, 0.2) is 49.6 Å². The number of nitrogens with zero attached hydrogens (tertiary/aromatic N) is 2. The summed E-state index contributed by atoms with van der Waals surface area (Å²) in [7, 11) is 0. The number of aliphatic hydroxyl groups is 1. The van der Waals surface area contributed by atoms with Gasteiger partial charge < -0.3 is 19.6 Å². The Labute approximate surface area is 202 Å². The summed E-state index contributed by atoms with van der Waals surface area (Å²) >= 11 is 7.59. The average molecular weight is 491 g/mol. The number of halogens is 1. The quantitative estimate of drug-likeness (QED) is 0.423. The van der Waals surface area contributed by atoms with Crippen LogP contribution in [0.4, 0.5) is 5.69 Å². The number of likely N-dealkylation sites (tertiary alicyclic amines) is 1. The number of β-amino-alcohol motifs (C(OH)–C–C–N with tert-alkyl or cyclic N) is 1. The molecule has 0 radical (unpaired) electrons. The van der Waals surface area contributed by atoms with Crippen molar-refractivity contribution in [3.63, 3.8) is 0 Å². The summed E-state index contributed by atoms with van der Waals surface area (Å²) in [5, 5.41) is 10.2. The number of esters is 1. The molecule has 3 heterocycles. The van der Waals surface area contributed by atoms with Crippen LogP contribution in [0.3, 0.4) is 0 Å². The number of carbonyl (C=O) groups excluding carboxylic acids is 3. The highest BCUT2D eigenvalue weighted by molar-refractivity contribution is 8.02. The molecule has 3 fully saturated rings. The number of hydrogen-bond acceptors (Lipinski definition) is 6. The van der Waals surface area contributed by atoms with E-state index < -0.39 is 28.6 Å². The van der Waals surface area contributed by atoms with Crippen LogP contribution >= 0.6 is 23.4 Å². The van der Waals surface area contributed by atoms with Crippen LogP contribution in [0.1, 0.15) is 12.8 Å². The molecule has 3 saturated heterocycles. The average Bonchev–Trinajstić information content (AvgIpc) is 3.44. The largest absolute Gasteiger partial charge is 0.461 e. The molecular weight excluding hydrogens is 464 g/mol. The van der Waals surface area contributed by atoms with Gasteiger partial charge in [0.1, 0.15) is 12.6 Å². The van der Waals surface area contributed by atoms with Gasteiger partial charge in [-0.15, -0.1) is 18.3 Å². The van der Waals surface area contributed by atoms with Gasteiger partial charge in [0.15, 0.2) is 0 Å². The Morgan fingerprint density at radius 2 is 2.03 bits per heavy atom. The molecule has 1 aromatic rings. The monoisotopic (exact) mass is 490 g/mol. The number of ether oxygens (including phenoxy) is 1. The fraction of sp³-hybridized carbons (Fsp3) is 0.458. The Morgan fingerprint density at radius 3 is 2.67 bits per heavy atom. The molecule has 0 aliphatic carbocycles. The third-order valence-electron chi connectivity index (χ3n) is 6.71. The molecule has 3 aliphatic heterocycles. The standard InChI is InChI=1S/C24H27ClN2O5S/c1-3-11-26(16-7-5-15(25)6-8-16)22(30)20-24-10-9-17(33-24)18(23(31)32-14-4-2)19(24)21(29)27(20)12-13-28/h3-8,17-20,28H,1-2,9-14H2/t17-,18+,19+,20?,24?/m1/s1. The minimum absolute atomic E-state index is 0.0235. The van der Waals surface area contributed by atoms with Crippen LogP contribution in [-0.2, 0) is 19.1 Å². The van der Waals surface area contributed by atoms with E-state index in [4.69, 9.17) is 16.3 Å². The van der Waals surface area contributed by atoms with Crippen molar-refractivity contribution in [1.29, 1.82) is 0 Å². The number of benzene rings is 1. The fourth-order valence-corrected chi connectivity index (χ4v) is 7.83. The van der Waals surface area contributed by atoms with Gasteiger partial charge in [0.2, 0.25) is 5.91 Å². The Bertz CT molecular complexity index is 970. The lowest BCUT2D eigenvalue weighted by Crippen LogP contribution is -2.55. The molecule has 3 aliphatic rings. The molecule has 1 N–H and O–H groups in total. The van der Waals surface area contributed by atoms with Crippen molar-refractivity contribution in [1.82, 2.24) is 4.90 Å². The maximum Gasteiger partial charge on any atom is 0.311 e. The number of aliphatic hydroxyl groups excluding tert-OH is 1. The van der Waals surface area contributed by atoms with Crippen molar-refractivity contribution in [2.24, 2.45) is 11.8 Å². The third-order valence-corrected chi connectivity index (χ3v) is 8.91. The van der Waals surface area contributed by atoms with E-state index in [0.717, 1.165) is 6.42 Å². The molecule has 4 rings (SSSR count). The first-order chi connectivity index (χ1) is 15.9. The van der Waals surface area contributed by atoms with Gasteiger partial charge in [-0.25, -0.2) is 0 Å². The van der Waals surface area contributed by atoms with E-state index in [1.165, 1.54) is 11.0 Å². The summed E-state index contributed by atoms with van der Waals surface area (Å²) in [4.78, 5) is 43.6. The summed E-state index contributed by atoms with van der Waals surface area (Å²) in [6.45, 7) is 7.43. The number of rotatable bonds is 9. The number of hydrogen-bond donors (Lipinski definition) is 1. The van der Waals surface area contributed by atoms with E-state index in [-0.39, 0.29) is 43.4 Å². The highest BCUT2D eigenvalue weighted by atomic mass is 35.5. The van der Waals surface area contributed by atoms with Crippen LogP contribution in [0.2, 0.25) is 5.02 Å². The van der Waals surface area contributed by atoms with E-state index in [0.29, 0.717) is 17.1 Å². The van der Waals surface area contributed by atoms with E-state index in [1.54, 1.807) is 47.0 Å². The lowest BCUT2D eigenvalue weighted by atomic mass is 9.71. The first-order valence-electron chi connectivity index (χ1n) is 10.9. The van der Waals surface area contributed by atoms with Crippen molar-refractivity contribution >= 4 is 46.8 Å². The summed E-state index contributed by atoms with van der Waals surface area (Å²) < 4.78 is 4.59. The minimum atomic E-state index is -0.801. The lowest BCUT2D eigenvalue weighted by Gasteiger charge is -2.37. The molecular formula is C24H27ClN2O5S. The topological polar surface area (TPSA) is 87.1 Å². The maximum absolute atomic E-state index is 14.1. The summed E-state index contributed by atoms with van der Waals surface area (Å²) in [6, 6.07) is 6.11. The fourth-order valence-electron chi connectivity index (χ4n) is 5.51. The lowest BCUT2D eigenvalue weighted by molar-refractivity contribution is -0.153. The van der Waals surface area contributed by atoms with Crippen LogP contribution in [0.25, 0.3) is 0 Å². The zero-order chi connectivity index (χ0) is 23.8. The number of amides is 2. The van der Waals surface area contributed by atoms with Gasteiger partial charge in [-0.05, 0) is 37.1 Å². The van der Waals surface area contributed by atoms with Gasteiger partial charge >= 0.3 is 5.97 Å². The van der Waals surface area contributed by atoms with Crippen molar-refractivity contribution in [2.75, 3.05) is 31.2 Å². The molecule has 176 valence electrons. The van der Waals surface area contributed by atoms with Gasteiger partial charge in [-0.2, -0.15) is 0 Å². The van der Waals surface area contributed by atoms with E-state index in [1.807, 2.05) is 0 Å². The van der Waals surface area contributed by atoms with Crippen LogP contribution in [0.5, 0.6) is 0 Å². The predicted octanol–water partition coefficient (Wildman–Crippen LogP) is 2.67. The second-order valence-corrected chi connectivity index (χ2v) is 10.5. The molecule has 9 heteroatoms. The SMILES string of the molecule is C=CCOC(=O)[C@@H]1[C@H]2C(=O)N(CCO)C(C(=O)N(CC=C)c3ccc(Cl)cc3)C23CC[C@H]1S3. The van der Waals surface area contributed by atoms with Crippen molar-refractivity contribution in [2.45, 2.75) is 28.9 Å². The van der Waals surface area contributed by atoms with Crippen molar-refractivity contribution in [3.8, 4) is 0 Å². The van der Waals surface area contributed by atoms with E-state index >= 15 is 0 Å². The van der Waals surface area contributed by atoms with Crippen molar-refractivity contribution < 1.29 is 24.2 Å². The minimum Gasteiger partial charge on any atom is -0.461 e. The molecule has 2 unspecified atom stereocenters. The number of carbonyl (C=O) groups is 3. The zero-order valence-electron chi connectivity index (χ0n) is 18.2. The van der Waals surface area contributed by atoms with E-state index in [2.05, 4.69) is 13.2 Å². The normalized spacial score (nSPS) is 29.6. The number of fused-ring (bicyclic) bond motifs is 1. The Morgan fingerprint density at radius 1 is 1.30 bits per heavy atom. The van der Waals surface area contributed by atoms with Crippen LogP contribution < -0.4 is 4.90 Å². The van der Waals surface area contributed by atoms with Gasteiger partial charge in [0.05, 0.1) is 23.2 Å². The highest BCUT2D eigenvalue weighted by Gasteiger charge is 2.74. The highest BCUT2D eigenvalue weighted by Crippen LogP contribution is 2.66. The number of thioether (sulfide) groups is 1. The number of anilines is 1. The van der Waals surface area contributed by atoms with Gasteiger partial charge in [-0.3, -0.25) is 14.4 Å². The van der Waals surface area contributed by atoms with E-state index in [9.17, 15) is 19.5 Å². The summed E-state index contributed by atoms with van der Waals surface area (Å²) in [5.41, 5.74) is 0.639. The summed E-state index contributed by atoms with van der Waals surface area (Å²) in [6.07, 6.45) is 4.49. The molecule has 1 aromatic carbocycles. The molecule has 0 aromatic heterocycles. The van der Waals surface area contributed by atoms with Gasteiger partial charge in [-0.1, -0.05) is 30.3 Å². The first kappa shape index (κ1) is 23.9. The smallest absolute Gasteiger partial charge is 0.311 e. The molecule has 2 bridgehead atoms. The Hall–Kier alpha value is -2.29. The van der Waals surface area contributed by atoms with Crippen LogP contribution in [-0.4, -0.2) is 70.1 Å². The zero-order valence-corrected chi connectivity index (χ0v) is 19.8. The molecule has 2 amide bonds. The molecule has 5 atom stereocenters. The van der Waals surface area contributed by atoms with Crippen molar-refractivity contribution in [3.05, 3.63) is 54.6 Å². The first-order valence-corrected chi connectivity index (χ1v) is 12.2. The third kappa shape index (κ3) is 3.88. The van der Waals surface area contributed by atoms with Crippen LogP contribution in [0, 0.1) is 11.8 Å². The molecule has 1 spiro atoms. The predicted molar refractivity (Wildman–Crippen MR) is 128 cm³/mol. The Balaban J connectivity index is 1.73. The second kappa shape index (κ2) is 9.52. The molecule has 0 saturated carbocycles. The van der Waals surface area contributed by atoms with Gasteiger partial charge in [0, 0.05) is 29.0 Å². The Kier molecular flexibility index (Phi) is 6.88. The maximum atomic E-state index is 14.1. The second-order valence-electron chi connectivity index (χ2n) is 8.44.